The molecule has 0 radical (unpaired) electrons. The van der Waals surface area contributed by atoms with E-state index in [2.05, 4.69) is 4.98 Å². The number of carbonyl (C=O) groups is 1. The fourth-order valence-electron chi connectivity index (χ4n) is 3.26. The van der Waals surface area contributed by atoms with Crippen molar-refractivity contribution in [3.8, 4) is 23.2 Å². The molecule has 2 aromatic carbocycles. The molecule has 7 heteroatoms. The van der Waals surface area contributed by atoms with Crippen molar-refractivity contribution in [1.82, 2.24) is 9.55 Å². The summed E-state index contributed by atoms with van der Waals surface area (Å²) >= 11 is 0. The monoisotopic (exact) mass is 386 g/mol. The molecule has 7 nitrogen and oxygen atoms in total. The van der Waals surface area contributed by atoms with E-state index in [1.54, 1.807) is 10.6 Å². The first-order valence-electron chi connectivity index (χ1n) is 8.90. The molecule has 144 valence electrons. The largest absolute Gasteiger partial charge is 0.464 e. The first-order valence-corrected chi connectivity index (χ1v) is 8.90. The van der Waals surface area contributed by atoms with Gasteiger partial charge in [0.15, 0.2) is 11.3 Å². The predicted molar refractivity (Wildman–Crippen MR) is 109 cm³/mol. The number of nitrogens with two attached hydrogens (primary N) is 1. The van der Waals surface area contributed by atoms with Crippen LogP contribution >= 0.6 is 0 Å². The molecule has 2 N–H and O–H groups in total. The fourth-order valence-corrected chi connectivity index (χ4v) is 3.26. The summed E-state index contributed by atoms with van der Waals surface area (Å²) in [6.45, 7) is 3.91. The molecular weight excluding hydrogens is 368 g/mol. The SMILES string of the molecule is COC(=O)c1c(N)c(C#N)cn1-c1cc(C)c2oc(-c3ccc(C)cc3)nc2c1. The predicted octanol–water partition coefficient (Wildman–Crippen LogP) is 4.14. The highest BCUT2D eigenvalue weighted by atomic mass is 16.5. The molecule has 29 heavy (non-hydrogen) atoms. The Morgan fingerprint density at radius 1 is 1.24 bits per heavy atom. The van der Waals surface area contributed by atoms with E-state index >= 15 is 0 Å². The number of oxazole rings is 1. The van der Waals surface area contributed by atoms with Crippen molar-refractivity contribution in [3.63, 3.8) is 0 Å². The third kappa shape index (κ3) is 3.01. The topological polar surface area (TPSA) is 107 Å². The van der Waals surface area contributed by atoms with Gasteiger partial charge in [-0.1, -0.05) is 17.7 Å². The number of nitriles is 1. The van der Waals surface area contributed by atoms with Gasteiger partial charge in [-0.05, 0) is 43.7 Å². The third-order valence-corrected chi connectivity index (χ3v) is 4.78. The number of methoxy groups -OCH3 is 1. The molecule has 0 unspecified atom stereocenters. The molecule has 0 aliphatic rings. The molecule has 0 aliphatic carbocycles. The number of ether oxygens (including phenoxy) is 1. The van der Waals surface area contributed by atoms with Crippen LogP contribution in [0.1, 0.15) is 27.2 Å². The third-order valence-electron chi connectivity index (χ3n) is 4.78. The average Bonchev–Trinajstić information content (AvgIpc) is 3.29. The molecule has 4 aromatic rings. The Balaban J connectivity index is 1.90. The minimum atomic E-state index is -0.623. The highest BCUT2D eigenvalue weighted by Crippen LogP contribution is 2.31. The zero-order valence-corrected chi connectivity index (χ0v) is 16.2. The van der Waals surface area contributed by atoms with E-state index in [0.717, 1.165) is 16.7 Å². The number of hydrogen-bond donors (Lipinski definition) is 1. The number of fused-ring (bicyclic) bond motifs is 1. The van der Waals surface area contributed by atoms with E-state index in [-0.39, 0.29) is 16.9 Å². The molecule has 0 atom stereocenters. The number of nitrogens with zero attached hydrogens (tertiary/aromatic N) is 3. The Hall–Kier alpha value is -4.05. The molecule has 0 saturated heterocycles. The van der Waals surface area contributed by atoms with Gasteiger partial charge in [0.1, 0.15) is 11.6 Å². The van der Waals surface area contributed by atoms with Gasteiger partial charge in [0.25, 0.3) is 0 Å². The molecule has 0 saturated carbocycles. The number of aryl methyl sites for hydroxylation is 2. The maximum atomic E-state index is 12.3. The Bertz CT molecular complexity index is 1290. The van der Waals surface area contributed by atoms with Crippen LogP contribution in [0, 0.1) is 25.2 Å². The van der Waals surface area contributed by atoms with Gasteiger partial charge in [0.2, 0.25) is 5.89 Å². The molecule has 0 bridgehead atoms. The van der Waals surface area contributed by atoms with Crippen molar-refractivity contribution in [3.05, 3.63) is 65.0 Å². The smallest absolute Gasteiger partial charge is 0.357 e. The van der Waals surface area contributed by atoms with Crippen LogP contribution < -0.4 is 5.73 Å². The van der Waals surface area contributed by atoms with Crippen LogP contribution in [0.15, 0.2) is 47.0 Å². The lowest BCUT2D eigenvalue weighted by Crippen LogP contribution is -2.11. The van der Waals surface area contributed by atoms with Crippen LogP contribution in [-0.4, -0.2) is 22.6 Å². The first kappa shape index (κ1) is 18.3. The van der Waals surface area contributed by atoms with Gasteiger partial charge in [-0.2, -0.15) is 5.26 Å². The van der Waals surface area contributed by atoms with E-state index < -0.39 is 5.97 Å². The lowest BCUT2D eigenvalue weighted by molar-refractivity contribution is 0.0593. The fraction of sp³-hybridized carbons (Fsp3) is 0.136. The van der Waals surface area contributed by atoms with Gasteiger partial charge >= 0.3 is 5.97 Å². The Kier molecular flexibility index (Phi) is 4.32. The van der Waals surface area contributed by atoms with Crippen molar-refractivity contribution < 1.29 is 13.9 Å². The second kappa shape index (κ2) is 6.84. The summed E-state index contributed by atoms with van der Waals surface area (Å²) in [4.78, 5) is 16.9. The summed E-state index contributed by atoms with van der Waals surface area (Å²) < 4.78 is 12.4. The van der Waals surface area contributed by atoms with Crippen LogP contribution in [0.2, 0.25) is 0 Å². The summed E-state index contributed by atoms with van der Waals surface area (Å²) in [6.07, 6.45) is 1.52. The van der Waals surface area contributed by atoms with Crippen molar-refractivity contribution in [2.24, 2.45) is 0 Å². The summed E-state index contributed by atoms with van der Waals surface area (Å²) in [5.41, 5.74) is 11.2. The van der Waals surface area contributed by atoms with Crippen LogP contribution in [-0.2, 0) is 4.74 Å². The van der Waals surface area contributed by atoms with Gasteiger partial charge in [-0.3, -0.25) is 0 Å². The van der Waals surface area contributed by atoms with E-state index in [1.165, 1.54) is 13.3 Å². The van der Waals surface area contributed by atoms with E-state index in [1.807, 2.05) is 50.2 Å². The second-order valence-corrected chi connectivity index (χ2v) is 6.77. The number of esters is 1. The van der Waals surface area contributed by atoms with Gasteiger partial charge in [-0.15, -0.1) is 0 Å². The molecule has 0 amide bonds. The maximum absolute atomic E-state index is 12.3. The number of anilines is 1. The maximum Gasteiger partial charge on any atom is 0.357 e. The minimum Gasteiger partial charge on any atom is -0.464 e. The number of carbonyl (C=O) groups excluding carboxylic acids is 1. The van der Waals surface area contributed by atoms with Crippen LogP contribution in [0.5, 0.6) is 0 Å². The van der Waals surface area contributed by atoms with Crippen LogP contribution in [0.4, 0.5) is 5.69 Å². The van der Waals surface area contributed by atoms with E-state index in [0.29, 0.717) is 22.7 Å². The number of aromatic nitrogens is 2. The van der Waals surface area contributed by atoms with Crippen molar-refractivity contribution in [2.75, 3.05) is 12.8 Å². The Morgan fingerprint density at radius 2 is 1.97 bits per heavy atom. The zero-order chi connectivity index (χ0) is 20.7. The minimum absolute atomic E-state index is 0.0811. The molecule has 2 heterocycles. The quantitative estimate of drug-likeness (QED) is 0.530. The first-order chi connectivity index (χ1) is 13.9. The lowest BCUT2D eigenvalue weighted by Gasteiger charge is -2.09. The Morgan fingerprint density at radius 3 is 2.62 bits per heavy atom. The van der Waals surface area contributed by atoms with Gasteiger partial charge in [0.05, 0.1) is 18.4 Å². The number of benzene rings is 2. The summed E-state index contributed by atoms with van der Waals surface area (Å²) in [5, 5.41) is 9.31. The Labute approximate surface area is 166 Å². The van der Waals surface area contributed by atoms with Crippen molar-refractivity contribution in [1.29, 1.82) is 5.26 Å². The van der Waals surface area contributed by atoms with Gasteiger partial charge in [-0.25, -0.2) is 9.78 Å². The second-order valence-electron chi connectivity index (χ2n) is 6.77. The van der Waals surface area contributed by atoms with E-state index in [9.17, 15) is 10.1 Å². The molecule has 4 rings (SSSR count). The number of rotatable bonds is 3. The highest BCUT2D eigenvalue weighted by molar-refractivity contribution is 5.96. The number of nitrogen functional groups attached to an aromatic ring is 1. The normalized spacial score (nSPS) is 10.8. The van der Waals surface area contributed by atoms with Crippen LogP contribution in [0.3, 0.4) is 0 Å². The number of hydrogen-bond acceptors (Lipinski definition) is 6. The molecule has 0 aliphatic heterocycles. The van der Waals surface area contributed by atoms with Crippen molar-refractivity contribution in [2.45, 2.75) is 13.8 Å². The molecule has 0 fully saturated rings. The molecule has 2 aromatic heterocycles. The highest BCUT2D eigenvalue weighted by Gasteiger charge is 2.22. The van der Waals surface area contributed by atoms with Gasteiger partial charge in [0, 0.05) is 17.4 Å². The van der Waals surface area contributed by atoms with Gasteiger partial charge < -0.3 is 19.5 Å². The summed E-state index contributed by atoms with van der Waals surface area (Å²) in [5.74, 6) is -0.111. The lowest BCUT2D eigenvalue weighted by atomic mass is 10.1. The van der Waals surface area contributed by atoms with E-state index in [4.69, 9.17) is 14.9 Å². The standard InChI is InChI=1S/C22H18N4O3/c1-12-4-6-14(7-5-12)21-25-17-9-16(8-13(2)20(17)29-21)26-11-15(10-23)18(24)19(26)22(27)28-3/h4-9,11H,24H2,1-3H3. The van der Waals surface area contributed by atoms with Crippen molar-refractivity contribution >= 4 is 22.8 Å². The summed E-state index contributed by atoms with van der Waals surface area (Å²) in [7, 11) is 1.27. The average molecular weight is 386 g/mol. The molecule has 0 spiro atoms. The zero-order valence-electron chi connectivity index (χ0n) is 16.2. The summed E-state index contributed by atoms with van der Waals surface area (Å²) in [6, 6.07) is 13.5. The molecular formula is C22H18N4O3. The van der Waals surface area contributed by atoms with Crippen LogP contribution in [0.25, 0.3) is 28.2 Å².